The van der Waals surface area contributed by atoms with Gasteiger partial charge in [-0.05, 0) is 31.0 Å². The number of halogens is 1. The van der Waals surface area contributed by atoms with Gasteiger partial charge in [-0.1, -0.05) is 6.07 Å². The number of carbonyl (C=O) groups is 2. The number of rotatable bonds is 3. The van der Waals surface area contributed by atoms with Crippen LogP contribution in [0.2, 0.25) is 0 Å². The molecule has 0 bridgehead atoms. The van der Waals surface area contributed by atoms with E-state index >= 15 is 0 Å². The fourth-order valence-corrected chi connectivity index (χ4v) is 2.33. The topological polar surface area (TPSA) is 46.6 Å². The minimum Gasteiger partial charge on any atom is -0.464 e. The predicted molar refractivity (Wildman–Crippen MR) is 66.0 cm³/mol. The van der Waals surface area contributed by atoms with Crippen molar-refractivity contribution in [3.05, 3.63) is 30.1 Å². The SMILES string of the molecule is O=C1OCCC1N(C(=O)C1CC1)c1cccc(F)c1. The molecular formula is C14H14FNO3. The zero-order chi connectivity index (χ0) is 13.4. The maximum Gasteiger partial charge on any atom is 0.329 e. The molecular weight excluding hydrogens is 249 g/mol. The molecule has 1 heterocycles. The van der Waals surface area contributed by atoms with Gasteiger partial charge in [-0.2, -0.15) is 0 Å². The highest BCUT2D eigenvalue weighted by atomic mass is 19.1. The van der Waals surface area contributed by atoms with Crippen LogP contribution >= 0.6 is 0 Å². The Morgan fingerprint density at radius 3 is 2.68 bits per heavy atom. The maximum absolute atomic E-state index is 13.3. The number of benzene rings is 1. The highest BCUT2D eigenvalue weighted by molar-refractivity contribution is 6.02. The van der Waals surface area contributed by atoms with Gasteiger partial charge in [-0.25, -0.2) is 9.18 Å². The van der Waals surface area contributed by atoms with Gasteiger partial charge >= 0.3 is 5.97 Å². The average molecular weight is 263 g/mol. The Morgan fingerprint density at radius 2 is 2.11 bits per heavy atom. The first-order valence-electron chi connectivity index (χ1n) is 6.42. The predicted octanol–water partition coefficient (Wildman–Crippen LogP) is 1.88. The van der Waals surface area contributed by atoms with Crippen LogP contribution in [-0.4, -0.2) is 24.5 Å². The summed E-state index contributed by atoms with van der Waals surface area (Å²) in [5, 5.41) is 0. The third kappa shape index (κ3) is 2.32. The van der Waals surface area contributed by atoms with E-state index in [2.05, 4.69) is 0 Å². The van der Waals surface area contributed by atoms with Gasteiger partial charge in [0.15, 0.2) is 0 Å². The number of cyclic esters (lactones) is 1. The lowest BCUT2D eigenvalue weighted by atomic mass is 10.1. The van der Waals surface area contributed by atoms with Crippen molar-refractivity contribution in [3.63, 3.8) is 0 Å². The summed E-state index contributed by atoms with van der Waals surface area (Å²) in [4.78, 5) is 25.5. The summed E-state index contributed by atoms with van der Waals surface area (Å²) in [6.07, 6.45) is 2.15. The summed E-state index contributed by atoms with van der Waals surface area (Å²) >= 11 is 0. The quantitative estimate of drug-likeness (QED) is 0.782. The zero-order valence-electron chi connectivity index (χ0n) is 10.3. The molecule has 100 valence electrons. The van der Waals surface area contributed by atoms with Crippen molar-refractivity contribution in [2.24, 2.45) is 5.92 Å². The summed E-state index contributed by atoms with van der Waals surface area (Å²) in [5.41, 5.74) is 0.431. The van der Waals surface area contributed by atoms with Gasteiger partial charge in [0.1, 0.15) is 11.9 Å². The highest BCUT2D eigenvalue weighted by Gasteiger charge is 2.42. The van der Waals surface area contributed by atoms with Gasteiger partial charge < -0.3 is 4.74 Å². The Bertz CT molecular complexity index is 527. The maximum atomic E-state index is 13.3. The first-order valence-corrected chi connectivity index (χ1v) is 6.42. The Kier molecular flexibility index (Phi) is 2.97. The van der Waals surface area contributed by atoms with Crippen molar-refractivity contribution in [1.82, 2.24) is 0 Å². The lowest BCUT2D eigenvalue weighted by Crippen LogP contribution is -2.44. The molecule has 1 aliphatic carbocycles. The third-order valence-corrected chi connectivity index (χ3v) is 3.47. The van der Waals surface area contributed by atoms with Crippen LogP contribution in [0.1, 0.15) is 19.3 Å². The fraction of sp³-hybridized carbons (Fsp3) is 0.429. The Balaban J connectivity index is 1.95. The van der Waals surface area contributed by atoms with Crippen molar-refractivity contribution in [1.29, 1.82) is 0 Å². The van der Waals surface area contributed by atoms with Crippen LogP contribution in [-0.2, 0) is 14.3 Å². The van der Waals surface area contributed by atoms with Gasteiger partial charge in [0.25, 0.3) is 0 Å². The van der Waals surface area contributed by atoms with E-state index in [1.807, 2.05) is 0 Å². The van der Waals surface area contributed by atoms with Crippen molar-refractivity contribution in [3.8, 4) is 0 Å². The molecule has 3 rings (SSSR count). The van der Waals surface area contributed by atoms with Crippen molar-refractivity contribution in [2.75, 3.05) is 11.5 Å². The third-order valence-electron chi connectivity index (χ3n) is 3.47. The molecule has 0 radical (unpaired) electrons. The van der Waals surface area contributed by atoms with Crippen LogP contribution in [0.25, 0.3) is 0 Å². The number of amides is 1. The Labute approximate surface area is 110 Å². The number of anilines is 1. The molecule has 0 aromatic heterocycles. The number of hydrogen-bond donors (Lipinski definition) is 0. The van der Waals surface area contributed by atoms with E-state index in [0.29, 0.717) is 18.7 Å². The largest absolute Gasteiger partial charge is 0.464 e. The van der Waals surface area contributed by atoms with E-state index in [1.54, 1.807) is 6.07 Å². The average Bonchev–Trinajstić information content (AvgIpc) is 3.15. The molecule has 4 nitrogen and oxygen atoms in total. The number of nitrogens with zero attached hydrogens (tertiary/aromatic N) is 1. The fourth-order valence-electron chi connectivity index (χ4n) is 2.33. The first kappa shape index (κ1) is 12.1. The lowest BCUT2D eigenvalue weighted by molar-refractivity contribution is -0.140. The smallest absolute Gasteiger partial charge is 0.329 e. The molecule has 1 saturated carbocycles. The van der Waals surface area contributed by atoms with E-state index in [1.165, 1.54) is 23.1 Å². The van der Waals surface area contributed by atoms with Crippen molar-refractivity contribution >= 4 is 17.6 Å². The number of esters is 1. The molecule has 5 heteroatoms. The molecule has 1 aromatic carbocycles. The van der Waals surface area contributed by atoms with Crippen LogP contribution in [0.5, 0.6) is 0 Å². The minimum atomic E-state index is -0.616. The van der Waals surface area contributed by atoms with Gasteiger partial charge in [0, 0.05) is 18.0 Å². The van der Waals surface area contributed by atoms with E-state index in [4.69, 9.17) is 4.74 Å². The Morgan fingerprint density at radius 1 is 1.32 bits per heavy atom. The van der Waals surface area contributed by atoms with E-state index in [9.17, 15) is 14.0 Å². The van der Waals surface area contributed by atoms with Gasteiger partial charge in [-0.15, -0.1) is 0 Å². The molecule has 0 spiro atoms. The second-order valence-corrected chi connectivity index (χ2v) is 4.93. The summed E-state index contributed by atoms with van der Waals surface area (Å²) in [6, 6.07) is 5.17. The van der Waals surface area contributed by atoms with E-state index in [-0.39, 0.29) is 11.8 Å². The zero-order valence-corrected chi connectivity index (χ0v) is 10.3. The van der Waals surface area contributed by atoms with Crippen LogP contribution in [0.3, 0.4) is 0 Å². The highest BCUT2D eigenvalue weighted by Crippen LogP contribution is 2.35. The molecule has 1 aliphatic heterocycles. The molecule has 1 saturated heterocycles. The molecule has 1 amide bonds. The summed E-state index contributed by atoms with van der Waals surface area (Å²) < 4.78 is 18.3. The van der Waals surface area contributed by atoms with Crippen LogP contribution in [0, 0.1) is 11.7 Å². The van der Waals surface area contributed by atoms with Crippen molar-refractivity contribution < 1.29 is 18.7 Å². The molecule has 1 atom stereocenters. The van der Waals surface area contributed by atoms with E-state index < -0.39 is 17.8 Å². The second-order valence-electron chi connectivity index (χ2n) is 4.93. The van der Waals surface area contributed by atoms with E-state index in [0.717, 1.165) is 12.8 Å². The molecule has 1 unspecified atom stereocenters. The Hall–Kier alpha value is -1.91. The number of hydrogen-bond acceptors (Lipinski definition) is 3. The van der Waals surface area contributed by atoms with Gasteiger partial charge in [-0.3, -0.25) is 9.69 Å². The molecule has 0 N–H and O–H groups in total. The van der Waals surface area contributed by atoms with Crippen LogP contribution < -0.4 is 4.90 Å². The lowest BCUT2D eigenvalue weighted by Gasteiger charge is -2.26. The monoisotopic (exact) mass is 263 g/mol. The second kappa shape index (κ2) is 4.64. The summed E-state index contributed by atoms with van der Waals surface area (Å²) in [7, 11) is 0. The van der Waals surface area contributed by atoms with Gasteiger partial charge in [0.2, 0.25) is 5.91 Å². The minimum absolute atomic E-state index is 0.0309. The molecule has 1 aromatic rings. The number of carbonyl (C=O) groups excluding carboxylic acids is 2. The first-order chi connectivity index (χ1) is 9.16. The molecule has 2 fully saturated rings. The number of ether oxygens (including phenoxy) is 1. The molecule has 2 aliphatic rings. The van der Waals surface area contributed by atoms with Gasteiger partial charge in [0.05, 0.1) is 6.61 Å². The normalized spacial score (nSPS) is 22.2. The summed E-state index contributed by atoms with van der Waals surface area (Å²) in [6.45, 7) is 0.313. The standard InChI is InChI=1S/C14H14FNO3/c15-10-2-1-3-11(8-10)16(13(17)9-4-5-9)12-6-7-19-14(12)18/h1-3,8-9,12H,4-7H2. The van der Waals surface area contributed by atoms with Crippen molar-refractivity contribution in [2.45, 2.75) is 25.3 Å². The molecule has 19 heavy (non-hydrogen) atoms. The van der Waals surface area contributed by atoms with Crippen LogP contribution in [0.15, 0.2) is 24.3 Å². The van der Waals surface area contributed by atoms with Crippen LogP contribution in [0.4, 0.5) is 10.1 Å². The summed E-state index contributed by atoms with van der Waals surface area (Å²) in [5.74, 6) is -0.957.